The smallest absolute Gasteiger partial charge is 0.244 e. The fourth-order valence-electron chi connectivity index (χ4n) is 1.90. The zero-order chi connectivity index (χ0) is 18.4. The number of nitrogens with zero attached hydrogens (tertiary/aromatic N) is 2. The van der Waals surface area contributed by atoms with Gasteiger partial charge in [0, 0.05) is 37.1 Å². The summed E-state index contributed by atoms with van der Waals surface area (Å²) in [5, 5.41) is 2.62. The zero-order valence-corrected chi connectivity index (χ0v) is 15.5. The van der Waals surface area contributed by atoms with Crippen LogP contribution >= 0.6 is 15.9 Å². The summed E-state index contributed by atoms with van der Waals surface area (Å²) in [6.45, 7) is 0.114. The molecule has 9 heteroatoms. The van der Waals surface area contributed by atoms with E-state index in [2.05, 4.69) is 26.2 Å². The van der Waals surface area contributed by atoms with Gasteiger partial charge < -0.3 is 14.2 Å². The number of halogens is 2. The highest BCUT2D eigenvalue weighted by atomic mass is 79.9. The summed E-state index contributed by atoms with van der Waals surface area (Å²) in [6, 6.07) is 7.63. The van der Waals surface area contributed by atoms with Crippen molar-refractivity contribution >= 4 is 44.9 Å². The number of anilines is 1. The van der Waals surface area contributed by atoms with Gasteiger partial charge >= 0.3 is 0 Å². The molecule has 6 nitrogen and oxygen atoms in total. The first kappa shape index (κ1) is 19.2. The predicted octanol–water partition coefficient (Wildman–Crippen LogP) is 2.54. The lowest BCUT2D eigenvalue weighted by atomic mass is 10.2. The third-order valence-electron chi connectivity index (χ3n) is 3.22. The van der Waals surface area contributed by atoms with Crippen molar-refractivity contribution in [2.24, 2.45) is 0 Å². The molecule has 132 valence electrons. The standard InChI is InChI=1S/C16H15BrFN3O3S/c1-21(25(23)24)14-5-2-12(8-13(14)18)10-20-16(22)7-4-11-3-6-15(17)19-9-11/h2-9H,10H2,1H3,(H,20,22)(H,23,24)/p-1. The molecule has 1 N–H and O–H groups in total. The third kappa shape index (κ3) is 5.73. The van der Waals surface area contributed by atoms with Crippen molar-refractivity contribution in [2.75, 3.05) is 11.4 Å². The number of rotatable bonds is 6. The minimum Gasteiger partial charge on any atom is -0.755 e. The average Bonchev–Trinajstić information content (AvgIpc) is 2.59. The first-order chi connectivity index (χ1) is 11.9. The van der Waals surface area contributed by atoms with E-state index in [4.69, 9.17) is 0 Å². The number of amides is 1. The number of hydrogen-bond donors (Lipinski definition) is 1. The topological polar surface area (TPSA) is 85.4 Å². The van der Waals surface area contributed by atoms with Crippen LogP contribution in [-0.2, 0) is 22.6 Å². The molecule has 25 heavy (non-hydrogen) atoms. The van der Waals surface area contributed by atoms with Crippen LogP contribution in [-0.4, -0.2) is 26.7 Å². The van der Waals surface area contributed by atoms with Crippen molar-refractivity contribution in [1.29, 1.82) is 0 Å². The van der Waals surface area contributed by atoms with Gasteiger partial charge in [0.05, 0.1) is 5.69 Å². The van der Waals surface area contributed by atoms with Crippen molar-refractivity contribution in [2.45, 2.75) is 6.54 Å². The van der Waals surface area contributed by atoms with Crippen molar-refractivity contribution in [3.05, 3.63) is 64.2 Å². The minimum absolute atomic E-state index is 0.0638. The third-order valence-corrected chi connectivity index (χ3v) is 4.33. The van der Waals surface area contributed by atoms with Crippen molar-refractivity contribution in [3.8, 4) is 0 Å². The molecule has 0 bridgehead atoms. The second kappa shape index (κ2) is 8.84. The molecule has 0 aliphatic carbocycles. The molecule has 1 aromatic heterocycles. The van der Waals surface area contributed by atoms with Gasteiger partial charge in [-0.2, -0.15) is 0 Å². The molecule has 0 saturated carbocycles. The van der Waals surface area contributed by atoms with Crippen molar-refractivity contribution in [3.63, 3.8) is 0 Å². The van der Waals surface area contributed by atoms with Gasteiger partial charge in [-0.25, -0.2) is 9.37 Å². The quantitative estimate of drug-likeness (QED) is 0.436. The molecule has 2 rings (SSSR count). The lowest BCUT2D eigenvalue weighted by molar-refractivity contribution is -0.116. The lowest BCUT2D eigenvalue weighted by Crippen LogP contribution is -2.22. The van der Waals surface area contributed by atoms with Gasteiger partial charge in [-0.3, -0.25) is 9.00 Å². The van der Waals surface area contributed by atoms with Gasteiger partial charge in [-0.1, -0.05) is 12.1 Å². The number of hydrogen-bond acceptors (Lipinski definition) is 4. The fourth-order valence-corrected chi connectivity index (χ4v) is 2.45. The molecule has 2 aromatic rings. The molecule has 1 atom stereocenters. The molecule has 0 aliphatic rings. The molecule has 0 spiro atoms. The maximum atomic E-state index is 13.9. The number of carbonyl (C=O) groups is 1. The first-order valence-corrected chi connectivity index (χ1v) is 8.88. The Morgan fingerprint density at radius 1 is 1.44 bits per heavy atom. The maximum Gasteiger partial charge on any atom is 0.244 e. The SMILES string of the molecule is CN(c1ccc(CNC(=O)C=Cc2ccc(Br)nc2)cc1F)S(=O)[O-]. The maximum absolute atomic E-state index is 13.9. The van der Waals surface area contributed by atoms with Crippen LogP contribution in [0.4, 0.5) is 10.1 Å². The van der Waals surface area contributed by atoms with Gasteiger partial charge in [0.1, 0.15) is 10.4 Å². The van der Waals surface area contributed by atoms with Crippen LogP contribution in [0.2, 0.25) is 0 Å². The number of carbonyl (C=O) groups excluding carboxylic acids is 1. The van der Waals surface area contributed by atoms with Gasteiger partial charge in [-0.05, 0) is 51.3 Å². The molecule has 1 unspecified atom stereocenters. The lowest BCUT2D eigenvalue weighted by Gasteiger charge is -2.21. The van der Waals surface area contributed by atoms with E-state index in [1.807, 2.05) is 0 Å². The van der Waals surface area contributed by atoms with Crippen LogP contribution in [0.5, 0.6) is 0 Å². The Balaban J connectivity index is 1.94. The second-order valence-corrected chi connectivity index (χ2v) is 6.76. The Kier molecular flexibility index (Phi) is 6.80. The van der Waals surface area contributed by atoms with Gasteiger partial charge in [-0.15, -0.1) is 0 Å². The Morgan fingerprint density at radius 3 is 2.80 bits per heavy atom. The molecule has 1 aromatic carbocycles. The van der Waals surface area contributed by atoms with Gasteiger partial charge in [0.15, 0.2) is 0 Å². The summed E-state index contributed by atoms with van der Waals surface area (Å²) in [5.74, 6) is -1.03. The van der Waals surface area contributed by atoms with Crippen LogP contribution in [0.25, 0.3) is 6.08 Å². The van der Waals surface area contributed by atoms with Crippen LogP contribution in [0.15, 0.2) is 47.2 Å². The largest absolute Gasteiger partial charge is 0.755 e. The van der Waals surface area contributed by atoms with E-state index < -0.39 is 17.1 Å². The summed E-state index contributed by atoms with van der Waals surface area (Å²) >= 11 is 0.666. The van der Waals surface area contributed by atoms with Crippen LogP contribution in [0.3, 0.4) is 0 Å². The Hall–Kier alpha value is -2.10. The molecular formula is C16H14BrFN3O3S-. The molecular weight excluding hydrogens is 413 g/mol. The van der Waals surface area contributed by atoms with E-state index in [0.29, 0.717) is 10.2 Å². The molecule has 0 fully saturated rings. The zero-order valence-electron chi connectivity index (χ0n) is 13.1. The summed E-state index contributed by atoms with van der Waals surface area (Å²) in [4.78, 5) is 15.8. The number of pyridine rings is 1. The molecule has 1 amide bonds. The normalized spacial score (nSPS) is 12.2. The van der Waals surface area contributed by atoms with Crippen molar-refractivity contribution in [1.82, 2.24) is 10.3 Å². The van der Waals surface area contributed by atoms with E-state index in [9.17, 15) is 17.9 Å². The summed E-state index contributed by atoms with van der Waals surface area (Å²) in [6.07, 6.45) is 4.57. The van der Waals surface area contributed by atoms with Gasteiger partial charge in [0.2, 0.25) is 5.91 Å². The van der Waals surface area contributed by atoms with Crippen LogP contribution in [0, 0.1) is 5.82 Å². The predicted molar refractivity (Wildman–Crippen MR) is 96.5 cm³/mol. The first-order valence-electron chi connectivity index (χ1n) is 7.06. The van der Waals surface area contributed by atoms with E-state index in [1.165, 1.54) is 25.3 Å². The summed E-state index contributed by atoms with van der Waals surface area (Å²) in [5.41, 5.74) is 1.21. The average molecular weight is 427 g/mol. The van der Waals surface area contributed by atoms with E-state index in [0.717, 1.165) is 9.87 Å². The van der Waals surface area contributed by atoms with E-state index >= 15 is 0 Å². The number of benzene rings is 1. The van der Waals surface area contributed by atoms with Crippen LogP contribution in [0.1, 0.15) is 11.1 Å². The number of aromatic nitrogens is 1. The van der Waals surface area contributed by atoms with E-state index in [1.54, 1.807) is 30.5 Å². The minimum atomic E-state index is -2.56. The fraction of sp³-hybridized carbons (Fsp3) is 0.125. The van der Waals surface area contributed by atoms with E-state index in [-0.39, 0.29) is 18.1 Å². The molecule has 1 heterocycles. The summed E-state index contributed by atoms with van der Waals surface area (Å²) < 4.78 is 37.1. The van der Waals surface area contributed by atoms with Crippen LogP contribution < -0.4 is 9.62 Å². The highest BCUT2D eigenvalue weighted by molar-refractivity contribution is 9.10. The van der Waals surface area contributed by atoms with Crippen molar-refractivity contribution < 1.29 is 17.9 Å². The van der Waals surface area contributed by atoms with Gasteiger partial charge in [0.25, 0.3) is 0 Å². The highest BCUT2D eigenvalue weighted by Gasteiger charge is 2.09. The molecule has 0 aliphatic heterocycles. The second-order valence-electron chi connectivity index (χ2n) is 4.97. The Morgan fingerprint density at radius 2 is 2.20 bits per heavy atom. The molecule has 0 saturated heterocycles. The summed E-state index contributed by atoms with van der Waals surface area (Å²) in [7, 11) is 1.24. The number of nitrogens with one attached hydrogen (secondary N) is 1. The Labute approximate surface area is 155 Å². The molecule has 0 radical (unpaired) electrons. The monoisotopic (exact) mass is 426 g/mol. The Bertz CT molecular complexity index is 815. The highest BCUT2D eigenvalue weighted by Crippen LogP contribution is 2.20.